The number of nitrogens with two attached hydrogens (primary N) is 1. The first kappa shape index (κ1) is 24.7. The molecule has 0 bridgehead atoms. The van der Waals surface area contributed by atoms with Gasteiger partial charge in [0.2, 0.25) is 0 Å². The van der Waals surface area contributed by atoms with Gasteiger partial charge in [0.1, 0.15) is 5.75 Å². The highest BCUT2D eigenvalue weighted by Crippen LogP contribution is 2.42. The Balaban J connectivity index is 1.72. The zero-order valence-corrected chi connectivity index (χ0v) is 21.1. The number of ether oxygens (including phenoxy) is 1. The van der Waals surface area contributed by atoms with Gasteiger partial charge in [0, 0.05) is 43.6 Å². The molecule has 0 atom stereocenters. The van der Waals surface area contributed by atoms with E-state index in [1.54, 1.807) is 7.11 Å². The molecule has 1 amide bonds. The van der Waals surface area contributed by atoms with Crippen LogP contribution >= 0.6 is 0 Å². The van der Waals surface area contributed by atoms with Crippen molar-refractivity contribution in [3.05, 3.63) is 70.3 Å². The van der Waals surface area contributed by atoms with Crippen LogP contribution < -0.4 is 10.5 Å². The largest absolute Gasteiger partial charge is 0.496 e. The minimum absolute atomic E-state index is 0.00990. The molecule has 2 aromatic rings. The highest BCUT2D eigenvalue weighted by molar-refractivity contribution is 6.00. The van der Waals surface area contributed by atoms with E-state index in [1.807, 2.05) is 35.2 Å². The van der Waals surface area contributed by atoms with Crippen molar-refractivity contribution in [2.75, 3.05) is 46.1 Å². The van der Waals surface area contributed by atoms with Gasteiger partial charge < -0.3 is 25.7 Å². The minimum Gasteiger partial charge on any atom is -0.496 e. The van der Waals surface area contributed by atoms with Crippen molar-refractivity contribution < 1.29 is 9.53 Å². The van der Waals surface area contributed by atoms with Gasteiger partial charge in [-0.2, -0.15) is 0 Å². The third kappa shape index (κ3) is 4.89. The molecule has 6 heteroatoms. The molecular weight excluding hydrogens is 436 g/mol. The fourth-order valence-electron chi connectivity index (χ4n) is 5.22. The van der Waals surface area contributed by atoms with Crippen LogP contribution in [0.5, 0.6) is 5.75 Å². The minimum atomic E-state index is 0.00990. The molecular formula is C29H36N4O2. The van der Waals surface area contributed by atoms with Crippen LogP contribution in [-0.4, -0.2) is 62.3 Å². The molecule has 4 rings (SSSR count). The maximum atomic E-state index is 13.2. The van der Waals surface area contributed by atoms with E-state index in [9.17, 15) is 4.79 Å². The van der Waals surface area contributed by atoms with Gasteiger partial charge in [0.25, 0.3) is 5.91 Å². The second-order valence-electron chi connectivity index (χ2n) is 9.56. The zero-order chi connectivity index (χ0) is 25.1. The average Bonchev–Trinajstić information content (AvgIpc) is 2.89. The molecule has 1 heterocycles. The molecule has 0 aromatic heterocycles. The van der Waals surface area contributed by atoms with E-state index >= 15 is 0 Å². The number of benzene rings is 2. The quantitative estimate of drug-likeness (QED) is 0.457. The Hall–Kier alpha value is -3.38. The Morgan fingerprint density at radius 2 is 1.83 bits per heavy atom. The second-order valence-corrected chi connectivity index (χ2v) is 9.56. The number of likely N-dealkylation sites (N-methyl/N-ethyl adjacent to an activating group) is 1. The lowest BCUT2D eigenvalue weighted by Gasteiger charge is -2.32. The van der Waals surface area contributed by atoms with Gasteiger partial charge in [-0.1, -0.05) is 18.7 Å². The van der Waals surface area contributed by atoms with Gasteiger partial charge in [0.05, 0.1) is 12.7 Å². The summed E-state index contributed by atoms with van der Waals surface area (Å²) in [5.74, 6) is 0.585. The number of piperazine rings is 1. The number of nitrogens with zero attached hydrogens (tertiary/aromatic N) is 2. The molecule has 1 aliphatic heterocycles. The number of nitrogens with one attached hydrogen (secondary N) is 1. The van der Waals surface area contributed by atoms with E-state index < -0.39 is 0 Å². The highest BCUT2D eigenvalue weighted by Gasteiger charge is 2.25. The summed E-state index contributed by atoms with van der Waals surface area (Å²) >= 11 is 0. The Kier molecular flexibility index (Phi) is 7.41. The highest BCUT2D eigenvalue weighted by atomic mass is 16.5. The second kappa shape index (κ2) is 10.5. The monoisotopic (exact) mass is 472 g/mol. The Bertz CT molecular complexity index is 1190. The topological polar surface area (TPSA) is 82.6 Å². The summed E-state index contributed by atoms with van der Waals surface area (Å²) in [5, 5.41) is 7.99. The SMILES string of the molecule is C=C(C1=C(c2c(C)ccc(N)c2C=N)CCCC1)c1ccc(C(=O)N2CCN(C)CC2)c(OC)c1. The van der Waals surface area contributed by atoms with Crippen LogP contribution in [0.2, 0.25) is 0 Å². The van der Waals surface area contributed by atoms with E-state index in [0.29, 0.717) is 17.0 Å². The van der Waals surface area contributed by atoms with Crippen LogP contribution in [0.15, 0.2) is 42.5 Å². The van der Waals surface area contributed by atoms with Gasteiger partial charge in [0.15, 0.2) is 0 Å². The number of anilines is 1. The fourth-order valence-corrected chi connectivity index (χ4v) is 5.22. The van der Waals surface area contributed by atoms with E-state index in [2.05, 4.69) is 25.5 Å². The summed E-state index contributed by atoms with van der Waals surface area (Å²) in [6.45, 7) is 9.75. The van der Waals surface area contributed by atoms with E-state index in [0.717, 1.165) is 79.7 Å². The molecule has 2 aromatic carbocycles. The van der Waals surface area contributed by atoms with Crippen molar-refractivity contribution in [2.45, 2.75) is 32.6 Å². The molecule has 2 aliphatic rings. The fraction of sp³-hybridized carbons (Fsp3) is 0.379. The lowest BCUT2D eigenvalue weighted by atomic mass is 9.79. The predicted octanol–water partition coefficient (Wildman–Crippen LogP) is 5.01. The number of methoxy groups -OCH3 is 1. The molecule has 1 fully saturated rings. The first-order chi connectivity index (χ1) is 16.8. The van der Waals surface area contributed by atoms with Gasteiger partial charge in [-0.3, -0.25) is 4.79 Å². The van der Waals surface area contributed by atoms with E-state index in [4.69, 9.17) is 15.9 Å². The number of carbonyl (C=O) groups is 1. The maximum Gasteiger partial charge on any atom is 0.257 e. The lowest BCUT2D eigenvalue weighted by molar-refractivity contribution is 0.0661. The number of hydrogen-bond acceptors (Lipinski definition) is 5. The van der Waals surface area contributed by atoms with Gasteiger partial charge in [-0.25, -0.2) is 0 Å². The van der Waals surface area contributed by atoms with Crippen molar-refractivity contribution in [3.63, 3.8) is 0 Å². The number of carbonyl (C=O) groups excluding carboxylic acids is 1. The van der Waals surface area contributed by atoms with Crippen LogP contribution in [0.25, 0.3) is 11.1 Å². The van der Waals surface area contributed by atoms with Crippen LogP contribution in [-0.2, 0) is 0 Å². The van der Waals surface area contributed by atoms with Gasteiger partial charge in [-0.05, 0) is 91.3 Å². The third-order valence-electron chi connectivity index (χ3n) is 7.34. The Morgan fingerprint density at radius 1 is 1.11 bits per heavy atom. The number of hydrogen-bond donors (Lipinski definition) is 2. The summed E-state index contributed by atoms with van der Waals surface area (Å²) in [7, 11) is 3.69. The Labute approximate surface area is 208 Å². The third-order valence-corrected chi connectivity index (χ3v) is 7.34. The summed E-state index contributed by atoms with van der Waals surface area (Å²) in [6, 6.07) is 9.70. The molecule has 184 valence electrons. The molecule has 6 nitrogen and oxygen atoms in total. The summed E-state index contributed by atoms with van der Waals surface area (Å²) in [4.78, 5) is 17.3. The number of amides is 1. The molecule has 0 unspecified atom stereocenters. The predicted molar refractivity (Wildman–Crippen MR) is 144 cm³/mol. The number of rotatable bonds is 6. The normalized spacial score (nSPS) is 16.8. The average molecular weight is 473 g/mol. The molecule has 0 spiro atoms. The molecule has 35 heavy (non-hydrogen) atoms. The summed E-state index contributed by atoms with van der Waals surface area (Å²) in [6.07, 6.45) is 5.40. The van der Waals surface area contributed by atoms with Crippen LogP contribution in [0, 0.1) is 12.3 Å². The van der Waals surface area contributed by atoms with Crippen molar-refractivity contribution in [2.24, 2.45) is 0 Å². The van der Waals surface area contributed by atoms with Crippen molar-refractivity contribution in [1.82, 2.24) is 9.80 Å². The zero-order valence-electron chi connectivity index (χ0n) is 21.1. The number of nitrogen functional groups attached to an aromatic ring is 1. The summed E-state index contributed by atoms with van der Waals surface area (Å²) < 4.78 is 5.68. The molecule has 1 aliphatic carbocycles. The van der Waals surface area contributed by atoms with Crippen LogP contribution in [0.1, 0.15) is 58.3 Å². The molecule has 1 saturated heterocycles. The van der Waals surface area contributed by atoms with Crippen molar-refractivity contribution in [3.8, 4) is 5.75 Å². The molecule has 0 saturated carbocycles. The van der Waals surface area contributed by atoms with Crippen molar-refractivity contribution >= 4 is 29.0 Å². The first-order valence-corrected chi connectivity index (χ1v) is 12.3. The Morgan fingerprint density at radius 3 is 2.51 bits per heavy atom. The van der Waals surface area contributed by atoms with Gasteiger partial charge >= 0.3 is 0 Å². The first-order valence-electron chi connectivity index (χ1n) is 12.3. The maximum absolute atomic E-state index is 13.2. The van der Waals surface area contributed by atoms with Crippen LogP contribution in [0.4, 0.5) is 5.69 Å². The van der Waals surface area contributed by atoms with E-state index in [-0.39, 0.29) is 5.91 Å². The van der Waals surface area contributed by atoms with E-state index in [1.165, 1.54) is 17.4 Å². The standard InChI is InChI=1S/C29H36N4O2/c1-19-9-12-26(31)25(18-30)28(19)23-8-6-5-7-22(23)20(2)21-10-11-24(27(17-21)35-4)29(34)33-15-13-32(3)14-16-33/h9-12,17-18,30H,2,5-8,13-16,31H2,1,3-4H3. The smallest absolute Gasteiger partial charge is 0.257 e. The van der Waals surface area contributed by atoms with Crippen molar-refractivity contribution in [1.29, 1.82) is 5.41 Å². The van der Waals surface area contributed by atoms with Crippen LogP contribution in [0.3, 0.4) is 0 Å². The molecule has 0 radical (unpaired) electrons. The number of allylic oxidation sites excluding steroid dienone is 3. The van der Waals surface area contributed by atoms with Gasteiger partial charge in [-0.15, -0.1) is 0 Å². The number of aryl methyl sites for hydroxylation is 1. The molecule has 3 N–H and O–H groups in total. The lowest BCUT2D eigenvalue weighted by Crippen LogP contribution is -2.47. The summed E-state index contributed by atoms with van der Waals surface area (Å²) in [5.41, 5.74) is 14.7.